The van der Waals surface area contributed by atoms with Gasteiger partial charge in [0.25, 0.3) is 0 Å². The van der Waals surface area contributed by atoms with Crippen LogP contribution in [-0.4, -0.2) is 4.98 Å². The zero-order chi connectivity index (χ0) is 22.9. The topological polar surface area (TPSA) is 12.9 Å². The highest BCUT2D eigenvalue weighted by atomic mass is 32.1. The molecule has 0 saturated heterocycles. The van der Waals surface area contributed by atoms with Crippen LogP contribution in [0.25, 0.3) is 54.2 Å². The van der Waals surface area contributed by atoms with E-state index in [1.54, 1.807) is 23.5 Å². The number of aromatic nitrogens is 1. The minimum atomic E-state index is -0.219. The third-order valence-corrected chi connectivity index (χ3v) is 7.08. The standard InChI is InChI=1S/C31H20FNS/c32-28-8-4-7-27(20-28)23-13-11-21(12-14-23)25-5-3-6-26(19-25)22-15-17-24(18-16-22)31-33-29-9-1-2-10-30(29)34-31/h1-20H. The molecule has 0 N–H and O–H groups in total. The Kier molecular flexibility index (Phi) is 5.25. The number of fused-ring (bicyclic) bond motifs is 1. The van der Waals surface area contributed by atoms with E-state index in [2.05, 4.69) is 78.9 Å². The van der Waals surface area contributed by atoms with Gasteiger partial charge in [-0.1, -0.05) is 91.0 Å². The highest BCUT2D eigenvalue weighted by Crippen LogP contribution is 2.33. The SMILES string of the molecule is Fc1cccc(-c2ccc(-c3cccc(-c4ccc(-c5nc6ccccc6s5)cc4)c3)cc2)c1. The molecule has 0 atom stereocenters. The van der Waals surface area contributed by atoms with Gasteiger partial charge in [0.05, 0.1) is 10.2 Å². The van der Waals surface area contributed by atoms with Crippen molar-refractivity contribution in [2.45, 2.75) is 0 Å². The molecule has 5 aromatic carbocycles. The van der Waals surface area contributed by atoms with Gasteiger partial charge in [-0.05, 0) is 63.7 Å². The zero-order valence-corrected chi connectivity index (χ0v) is 19.1. The first-order valence-electron chi connectivity index (χ1n) is 11.2. The highest BCUT2D eigenvalue weighted by molar-refractivity contribution is 7.21. The van der Waals surface area contributed by atoms with Gasteiger partial charge in [-0.2, -0.15) is 0 Å². The lowest BCUT2D eigenvalue weighted by Crippen LogP contribution is -1.84. The van der Waals surface area contributed by atoms with Crippen LogP contribution in [0.4, 0.5) is 4.39 Å². The van der Waals surface area contributed by atoms with Crippen LogP contribution in [0.3, 0.4) is 0 Å². The van der Waals surface area contributed by atoms with E-state index in [0.29, 0.717) is 0 Å². The first kappa shape index (κ1) is 20.5. The number of halogens is 1. The molecule has 0 radical (unpaired) electrons. The summed E-state index contributed by atoms with van der Waals surface area (Å²) in [6.07, 6.45) is 0. The van der Waals surface area contributed by atoms with Gasteiger partial charge in [0.1, 0.15) is 10.8 Å². The summed E-state index contributed by atoms with van der Waals surface area (Å²) in [6, 6.07) is 40.4. The summed E-state index contributed by atoms with van der Waals surface area (Å²) in [6.45, 7) is 0. The monoisotopic (exact) mass is 457 g/mol. The van der Waals surface area contributed by atoms with E-state index in [1.807, 2.05) is 24.3 Å². The molecular weight excluding hydrogens is 437 g/mol. The molecule has 0 fully saturated rings. The molecule has 0 aliphatic rings. The van der Waals surface area contributed by atoms with Crippen LogP contribution in [0.15, 0.2) is 121 Å². The summed E-state index contributed by atoms with van der Waals surface area (Å²) in [7, 11) is 0. The van der Waals surface area contributed by atoms with Crippen molar-refractivity contribution in [3.05, 3.63) is 127 Å². The average Bonchev–Trinajstić information content (AvgIpc) is 3.33. The van der Waals surface area contributed by atoms with Gasteiger partial charge in [-0.3, -0.25) is 0 Å². The second kappa shape index (κ2) is 8.69. The Labute approximate surface area is 201 Å². The Morgan fingerprint density at radius 3 is 1.59 bits per heavy atom. The Hall–Kier alpha value is -4.08. The normalized spacial score (nSPS) is 11.1. The fourth-order valence-electron chi connectivity index (χ4n) is 4.20. The van der Waals surface area contributed by atoms with Gasteiger partial charge in [0, 0.05) is 5.56 Å². The molecule has 0 aliphatic heterocycles. The summed E-state index contributed by atoms with van der Waals surface area (Å²) >= 11 is 1.72. The van der Waals surface area contributed by atoms with Crippen molar-refractivity contribution in [1.82, 2.24) is 4.98 Å². The van der Waals surface area contributed by atoms with Gasteiger partial charge in [0.2, 0.25) is 0 Å². The Bertz CT molecular complexity index is 1560. The number of para-hydroxylation sites is 1. The fraction of sp³-hybridized carbons (Fsp3) is 0. The Balaban J connectivity index is 1.27. The lowest BCUT2D eigenvalue weighted by Gasteiger charge is -2.08. The quantitative estimate of drug-likeness (QED) is 0.257. The van der Waals surface area contributed by atoms with E-state index in [0.717, 1.165) is 38.3 Å². The molecule has 1 heterocycles. The van der Waals surface area contributed by atoms with Crippen molar-refractivity contribution in [3.8, 4) is 44.0 Å². The van der Waals surface area contributed by atoms with E-state index >= 15 is 0 Å². The number of thiazole rings is 1. The van der Waals surface area contributed by atoms with Crippen molar-refractivity contribution in [1.29, 1.82) is 0 Å². The number of benzene rings is 5. The lowest BCUT2D eigenvalue weighted by atomic mass is 9.97. The van der Waals surface area contributed by atoms with Crippen molar-refractivity contribution >= 4 is 21.6 Å². The van der Waals surface area contributed by atoms with Crippen LogP contribution >= 0.6 is 11.3 Å². The molecule has 0 bridgehead atoms. The van der Waals surface area contributed by atoms with Crippen LogP contribution in [0, 0.1) is 5.82 Å². The first-order valence-corrected chi connectivity index (χ1v) is 12.0. The number of rotatable bonds is 4. The van der Waals surface area contributed by atoms with E-state index in [-0.39, 0.29) is 5.82 Å². The molecule has 0 saturated carbocycles. The van der Waals surface area contributed by atoms with Crippen molar-refractivity contribution in [2.24, 2.45) is 0 Å². The molecule has 0 aliphatic carbocycles. The molecule has 0 spiro atoms. The molecular formula is C31H20FNS. The minimum absolute atomic E-state index is 0.219. The second-order valence-electron chi connectivity index (χ2n) is 8.23. The van der Waals surface area contributed by atoms with Crippen LogP contribution in [0.1, 0.15) is 0 Å². The van der Waals surface area contributed by atoms with E-state index in [4.69, 9.17) is 4.98 Å². The predicted molar refractivity (Wildman–Crippen MR) is 141 cm³/mol. The highest BCUT2D eigenvalue weighted by Gasteiger charge is 2.08. The fourth-order valence-corrected chi connectivity index (χ4v) is 5.17. The molecule has 0 amide bonds. The van der Waals surface area contributed by atoms with Gasteiger partial charge in [-0.25, -0.2) is 9.37 Å². The van der Waals surface area contributed by atoms with E-state index < -0.39 is 0 Å². The van der Waals surface area contributed by atoms with Crippen LogP contribution in [0.2, 0.25) is 0 Å². The van der Waals surface area contributed by atoms with Crippen molar-refractivity contribution in [2.75, 3.05) is 0 Å². The van der Waals surface area contributed by atoms with Crippen LogP contribution < -0.4 is 0 Å². The Morgan fingerprint density at radius 2 is 1.00 bits per heavy atom. The van der Waals surface area contributed by atoms with Gasteiger partial charge < -0.3 is 0 Å². The zero-order valence-electron chi connectivity index (χ0n) is 18.3. The molecule has 34 heavy (non-hydrogen) atoms. The number of hydrogen-bond donors (Lipinski definition) is 0. The largest absolute Gasteiger partial charge is 0.236 e. The van der Waals surface area contributed by atoms with Crippen molar-refractivity contribution < 1.29 is 4.39 Å². The van der Waals surface area contributed by atoms with Crippen molar-refractivity contribution in [3.63, 3.8) is 0 Å². The summed E-state index contributed by atoms with van der Waals surface area (Å²) in [4.78, 5) is 4.77. The van der Waals surface area contributed by atoms with Crippen LogP contribution in [-0.2, 0) is 0 Å². The summed E-state index contributed by atoms with van der Waals surface area (Å²) < 4.78 is 14.8. The molecule has 3 heteroatoms. The third kappa shape index (κ3) is 4.02. The maximum absolute atomic E-state index is 13.6. The second-order valence-corrected chi connectivity index (χ2v) is 9.26. The maximum atomic E-state index is 13.6. The maximum Gasteiger partial charge on any atom is 0.124 e. The molecule has 6 rings (SSSR count). The Morgan fingerprint density at radius 1 is 0.471 bits per heavy atom. The van der Waals surface area contributed by atoms with Crippen LogP contribution in [0.5, 0.6) is 0 Å². The first-order chi connectivity index (χ1) is 16.7. The van der Waals surface area contributed by atoms with E-state index in [1.165, 1.54) is 21.9 Å². The van der Waals surface area contributed by atoms with Gasteiger partial charge in [-0.15, -0.1) is 11.3 Å². The molecule has 162 valence electrons. The lowest BCUT2D eigenvalue weighted by molar-refractivity contribution is 0.628. The summed E-state index contributed by atoms with van der Waals surface area (Å²) in [5.74, 6) is -0.219. The molecule has 0 unspecified atom stereocenters. The third-order valence-electron chi connectivity index (χ3n) is 6.00. The molecule has 1 nitrogen and oxygen atoms in total. The number of hydrogen-bond acceptors (Lipinski definition) is 2. The smallest absolute Gasteiger partial charge is 0.124 e. The minimum Gasteiger partial charge on any atom is -0.236 e. The molecule has 1 aromatic heterocycles. The predicted octanol–water partition coefficient (Wildman–Crippen LogP) is 9.10. The van der Waals surface area contributed by atoms with Gasteiger partial charge >= 0.3 is 0 Å². The van der Waals surface area contributed by atoms with Gasteiger partial charge in [0.15, 0.2) is 0 Å². The average molecular weight is 458 g/mol. The summed E-state index contributed by atoms with van der Waals surface area (Å²) in [5, 5.41) is 1.04. The summed E-state index contributed by atoms with van der Waals surface area (Å²) in [5.41, 5.74) is 8.69. The molecule has 6 aromatic rings. The number of nitrogens with zero attached hydrogens (tertiary/aromatic N) is 1. The van der Waals surface area contributed by atoms with E-state index in [9.17, 15) is 4.39 Å².